The van der Waals surface area contributed by atoms with Crippen LogP contribution in [0.25, 0.3) is 0 Å². The molecule has 0 radical (unpaired) electrons. The molecule has 26 heavy (non-hydrogen) atoms. The van der Waals surface area contributed by atoms with E-state index < -0.39 is 10.0 Å². The zero-order valence-electron chi connectivity index (χ0n) is 15.3. The molecule has 2 aliphatic rings. The first-order valence-corrected chi connectivity index (χ1v) is 10.6. The van der Waals surface area contributed by atoms with Crippen LogP contribution in [0.1, 0.15) is 35.7 Å². The number of amides is 2. The molecule has 0 aromatic heterocycles. The summed E-state index contributed by atoms with van der Waals surface area (Å²) in [4.78, 5) is 27.6. The minimum Gasteiger partial charge on any atom is -0.339 e. The van der Waals surface area contributed by atoms with Crippen LogP contribution in [-0.4, -0.2) is 68.5 Å². The van der Waals surface area contributed by atoms with Crippen molar-refractivity contribution in [2.24, 2.45) is 0 Å². The van der Waals surface area contributed by atoms with Crippen molar-refractivity contribution in [3.8, 4) is 0 Å². The molecule has 0 aliphatic carbocycles. The molecule has 7 nitrogen and oxygen atoms in total. The van der Waals surface area contributed by atoms with Crippen molar-refractivity contribution in [1.82, 2.24) is 9.80 Å². The van der Waals surface area contributed by atoms with Gasteiger partial charge in [-0.25, -0.2) is 8.42 Å². The maximum atomic E-state index is 12.7. The van der Waals surface area contributed by atoms with Gasteiger partial charge >= 0.3 is 0 Å². The fourth-order valence-electron chi connectivity index (χ4n) is 3.53. The van der Waals surface area contributed by atoms with Crippen molar-refractivity contribution in [2.45, 2.75) is 26.7 Å². The van der Waals surface area contributed by atoms with Crippen LogP contribution >= 0.6 is 0 Å². The number of piperazine rings is 1. The number of carbonyl (C=O) groups is 2. The van der Waals surface area contributed by atoms with Gasteiger partial charge in [0.15, 0.2) is 0 Å². The summed E-state index contributed by atoms with van der Waals surface area (Å²) in [7, 11) is -3.27. The van der Waals surface area contributed by atoms with Crippen LogP contribution in [-0.2, 0) is 14.8 Å². The minimum atomic E-state index is -3.27. The monoisotopic (exact) mass is 379 g/mol. The smallest absolute Gasteiger partial charge is 0.253 e. The lowest BCUT2D eigenvalue weighted by atomic mass is 10.1. The van der Waals surface area contributed by atoms with Crippen molar-refractivity contribution in [1.29, 1.82) is 0 Å². The van der Waals surface area contributed by atoms with Crippen LogP contribution in [0.5, 0.6) is 0 Å². The van der Waals surface area contributed by atoms with E-state index in [1.54, 1.807) is 28.0 Å². The summed E-state index contributed by atoms with van der Waals surface area (Å²) >= 11 is 0. The molecule has 2 heterocycles. The third kappa shape index (κ3) is 3.70. The third-order valence-electron chi connectivity index (χ3n) is 5.07. The Morgan fingerprint density at radius 1 is 0.962 bits per heavy atom. The third-order valence-corrected chi connectivity index (χ3v) is 6.93. The highest BCUT2D eigenvalue weighted by Crippen LogP contribution is 2.28. The lowest BCUT2D eigenvalue weighted by molar-refractivity contribution is -0.130. The summed E-state index contributed by atoms with van der Waals surface area (Å²) in [6.45, 7) is 5.98. The van der Waals surface area contributed by atoms with Crippen LogP contribution in [0, 0.1) is 6.92 Å². The zero-order chi connectivity index (χ0) is 18.9. The van der Waals surface area contributed by atoms with E-state index in [4.69, 9.17) is 0 Å². The maximum absolute atomic E-state index is 12.7. The number of nitrogens with zero attached hydrogens (tertiary/aromatic N) is 3. The second-order valence-corrected chi connectivity index (χ2v) is 8.91. The lowest BCUT2D eigenvalue weighted by Crippen LogP contribution is -2.50. The normalized spacial score (nSPS) is 20.2. The fraction of sp³-hybridized carbons (Fsp3) is 0.556. The second kappa shape index (κ2) is 7.26. The van der Waals surface area contributed by atoms with E-state index in [-0.39, 0.29) is 17.6 Å². The number of anilines is 1. The predicted molar refractivity (Wildman–Crippen MR) is 99.7 cm³/mol. The summed E-state index contributed by atoms with van der Waals surface area (Å²) < 4.78 is 26.1. The fourth-order valence-corrected chi connectivity index (χ4v) is 5.24. The number of aryl methyl sites for hydroxylation is 1. The molecular weight excluding hydrogens is 354 g/mol. The molecule has 3 rings (SSSR count). The van der Waals surface area contributed by atoms with E-state index in [0.29, 0.717) is 50.4 Å². The number of hydrogen-bond donors (Lipinski definition) is 0. The maximum Gasteiger partial charge on any atom is 0.253 e. The largest absolute Gasteiger partial charge is 0.339 e. The topological polar surface area (TPSA) is 78.0 Å². The van der Waals surface area contributed by atoms with E-state index >= 15 is 0 Å². The number of benzene rings is 1. The van der Waals surface area contributed by atoms with Gasteiger partial charge < -0.3 is 9.80 Å². The molecule has 1 aromatic carbocycles. The van der Waals surface area contributed by atoms with Gasteiger partial charge in [-0.05, 0) is 43.5 Å². The van der Waals surface area contributed by atoms with Crippen molar-refractivity contribution in [3.63, 3.8) is 0 Å². The van der Waals surface area contributed by atoms with E-state index in [1.807, 2.05) is 6.92 Å². The molecule has 8 heteroatoms. The van der Waals surface area contributed by atoms with Gasteiger partial charge in [-0.1, -0.05) is 0 Å². The van der Waals surface area contributed by atoms with Crippen molar-refractivity contribution in [2.75, 3.05) is 42.8 Å². The summed E-state index contributed by atoms with van der Waals surface area (Å²) in [6, 6.07) is 5.20. The van der Waals surface area contributed by atoms with Crippen molar-refractivity contribution >= 4 is 27.5 Å². The first-order valence-electron chi connectivity index (χ1n) is 8.95. The van der Waals surface area contributed by atoms with Crippen LogP contribution in [0.15, 0.2) is 18.2 Å². The highest BCUT2D eigenvalue weighted by molar-refractivity contribution is 7.92. The van der Waals surface area contributed by atoms with Crippen LogP contribution in [0.4, 0.5) is 5.69 Å². The average Bonchev–Trinajstić information content (AvgIpc) is 2.61. The Labute approximate surface area is 154 Å². The predicted octanol–water partition coefficient (Wildman–Crippen LogP) is 1.23. The highest BCUT2D eigenvalue weighted by atomic mass is 32.2. The molecule has 0 bridgehead atoms. The summed E-state index contributed by atoms with van der Waals surface area (Å²) in [5.41, 5.74) is 1.99. The molecule has 0 unspecified atom stereocenters. The van der Waals surface area contributed by atoms with E-state index in [2.05, 4.69) is 0 Å². The van der Waals surface area contributed by atoms with E-state index in [1.165, 1.54) is 11.2 Å². The molecule has 1 aromatic rings. The number of carbonyl (C=O) groups excluding carboxylic acids is 2. The van der Waals surface area contributed by atoms with E-state index in [9.17, 15) is 18.0 Å². The van der Waals surface area contributed by atoms with Gasteiger partial charge in [-0.3, -0.25) is 13.9 Å². The SMILES string of the molecule is CC(=O)N1CCN(C(=O)c2ccc(N3CCCCS3(=O)=O)c(C)c2)CC1. The standard InChI is InChI=1S/C18H25N3O4S/c1-14-13-16(18(23)20-10-8-19(9-11-20)15(2)22)5-6-17(14)21-7-3-4-12-26(21,24)25/h5-6,13H,3-4,7-12H2,1-2H3. The molecule has 0 atom stereocenters. The number of rotatable bonds is 2. The van der Waals surface area contributed by atoms with Gasteiger partial charge in [0.05, 0.1) is 11.4 Å². The number of sulfonamides is 1. The van der Waals surface area contributed by atoms with Gasteiger partial charge in [-0.15, -0.1) is 0 Å². The molecule has 2 fully saturated rings. The second-order valence-electron chi connectivity index (χ2n) is 6.89. The summed E-state index contributed by atoms with van der Waals surface area (Å²) in [6.07, 6.45) is 1.54. The first kappa shape index (κ1) is 18.7. The van der Waals surface area contributed by atoms with E-state index in [0.717, 1.165) is 12.0 Å². The molecule has 0 N–H and O–H groups in total. The van der Waals surface area contributed by atoms with Crippen molar-refractivity contribution in [3.05, 3.63) is 29.3 Å². The molecule has 0 spiro atoms. The minimum absolute atomic E-state index is 0.0278. The molecule has 2 amide bonds. The molecule has 0 saturated carbocycles. The van der Waals surface area contributed by atoms with Crippen molar-refractivity contribution < 1.29 is 18.0 Å². The van der Waals surface area contributed by atoms with Crippen LogP contribution in [0.2, 0.25) is 0 Å². The zero-order valence-corrected chi connectivity index (χ0v) is 16.1. The Balaban J connectivity index is 1.75. The molecular formula is C18H25N3O4S. The van der Waals surface area contributed by atoms with Gasteiger partial charge in [0.2, 0.25) is 15.9 Å². The summed E-state index contributed by atoms with van der Waals surface area (Å²) in [5, 5.41) is 0. The quantitative estimate of drug-likeness (QED) is 0.774. The molecule has 2 saturated heterocycles. The van der Waals surface area contributed by atoms with Gasteiger partial charge in [0.1, 0.15) is 0 Å². The highest BCUT2D eigenvalue weighted by Gasteiger charge is 2.28. The van der Waals surface area contributed by atoms with Crippen LogP contribution in [0.3, 0.4) is 0 Å². The summed E-state index contributed by atoms with van der Waals surface area (Å²) in [5.74, 6) is 0.123. The molecule has 2 aliphatic heterocycles. The van der Waals surface area contributed by atoms with Crippen LogP contribution < -0.4 is 4.31 Å². The Bertz CT molecular complexity index is 814. The Morgan fingerprint density at radius 2 is 1.62 bits per heavy atom. The van der Waals surface area contributed by atoms with Gasteiger partial charge in [0, 0.05) is 45.2 Å². The molecule has 142 valence electrons. The van der Waals surface area contributed by atoms with Gasteiger partial charge in [0.25, 0.3) is 5.91 Å². The first-order chi connectivity index (χ1) is 12.3. The Morgan fingerprint density at radius 3 is 2.19 bits per heavy atom. The lowest BCUT2D eigenvalue weighted by Gasteiger charge is -2.34. The van der Waals surface area contributed by atoms with Gasteiger partial charge in [-0.2, -0.15) is 0 Å². The Hall–Kier alpha value is -2.09. The Kier molecular flexibility index (Phi) is 5.22. The number of hydrogen-bond acceptors (Lipinski definition) is 4. The average molecular weight is 379 g/mol.